The molecule has 18 heteroatoms. The number of allylic oxidation sites excluding steroid dienone is 4. The van der Waals surface area contributed by atoms with E-state index in [0.29, 0.717) is 46.5 Å². The molecule has 0 spiro atoms. The molecule has 6 rings (SSSR count). The number of alkyl halides is 3. The van der Waals surface area contributed by atoms with Crippen molar-refractivity contribution in [2.75, 3.05) is 73.3 Å². The Morgan fingerprint density at radius 3 is 2.38 bits per heavy atom. The van der Waals surface area contributed by atoms with Gasteiger partial charge in [0.25, 0.3) is 19.9 Å². The number of aromatic nitrogens is 2. The normalized spacial score (nSPS) is 14.8. The lowest BCUT2D eigenvalue weighted by atomic mass is 9.99. The fraction of sp³-hybridized carbons (Fsp3) is 0.289. The second kappa shape index (κ2) is 21.2. The molecule has 0 radical (unpaired) electrons. The Labute approximate surface area is 376 Å². The summed E-state index contributed by atoms with van der Waals surface area (Å²) in [6.07, 6.45) is 10.6. The Hall–Kier alpha value is -4.91. The van der Waals surface area contributed by atoms with Gasteiger partial charge in [0.2, 0.25) is 0 Å². The Kier molecular flexibility index (Phi) is 16.0. The lowest BCUT2D eigenvalue weighted by Gasteiger charge is -2.36. The third-order valence-corrected chi connectivity index (χ3v) is 14.5. The van der Waals surface area contributed by atoms with E-state index in [2.05, 4.69) is 48.5 Å². The van der Waals surface area contributed by atoms with Gasteiger partial charge < -0.3 is 15.1 Å². The third kappa shape index (κ3) is 12.4. The zero-order chi connectivity index (χ0) is 45.2. The molecule has 1 saturated heterocycles. The molecule has 2 N–H and O–H groups in total. The summed E-state index contributed by atoms with van der Waals surface area (Å²) in [6.45, 7) is 8.00. The first-order chi connectivity index (χ1) is 30.1. The van der Waals surface area contributed by atoms with E-state index in [0.717, 1.165) is 61.7 Å². The Bertz CT molecular complexity index is 2660. The van der Waals surface area contributed by atoms with E-state index in [4.69, 9.17) is 11.6 Å². The van der Waals surface area contributed by atoms with Crippen LogP contribution in [0.2, 0.25) is 5.02 Å². The Balaban J connectivity index is 1.18. The molecular formula is C45H49ClF3N7O4S3. The topological polar surface area (TPSA) is 128 Å². The molecule has 1 aliphatic heterocycles. The van der Waals surface area contributed by atoms with Crippen LogP contribution in [0.15, 0.2) is 138 Å². The van der Waals surface area contributed by atoms with Gasteiger partial charge in [0.15, 0.2) is 5.82 Å². The van der Waals surface area contributed by atoms with Gasteiger partial charge in [-0.3, -0.25) is 9.62 Å². The molecule has 1 aromatic heterocycles. The van der Waals surface area contributed by atoms with Crippen molar-refractivity contribution in [1.29, 1.82) is 0 Å². The maximum atomic E-state index is 14.1. The molecule has 5 aromatic rings. The van der Waals surface area contributed by atoms with E-state index in [1.807, 2.05) is 85.8 Å². The highest BCUT2D eigenvalue weighted by molar-refractivity contribution is 7.99. The van der Waals surface area contributed by atoms with Crippen molar-refractivity contribution in [2.45, 2.75) is 34.3 Å². The van der Waals surface area contributed by atoms with Gasteiger partial charge in [0, 0.05) is 66.4 Å². The van der Waals surface area contributed by atoms with Crippen LogP contribution in [0.3, 0.4) is 0 Å². The molecule has 63 heavy (non-hydrogen) atoms. The predicted molar refractivity (Wildman–Crippen MR) is 251 cm³/mol. The molecule has 0 bridgehead atoms. The van der Waals surface area contributed by atoms with Crippen LogP contribution in [0.25, 0.3) is 22.0 Å². The lowest BCUT2D eigenvalue weighted by Crippen LogP contribution is -2.46. The van der Waals surface area contributed by atoms with Gasteiger partial charge >= 0.3 is 5.51 Å². The largest absolute Gasteiger partial charge is 0.501 e. The molecule has 0 saturated carbocycles. The molecule has 0 unspecified atom stereocenters. The van der Waals surface area contributed by atoms with Gasteiger partial charge in [-0.25, -0.2) is 26.8 Å². The number of fused-ring (bicyclic) bond motifs is 1. The summed E-state index contributed by atoms with van der Waals surface area (Å²) in [4.78, 5) is 13.1. The number of rotatable bonds is 19. The van der Waals surface area contributed by atoms with Crippen LogP contribution < -0.4 is 14.9 Å². The molecule has 0 aliphatic carbocycles. The number of thioether (sulfide) groups is 1. The fourth-order valence-electron chi connectivity index (χ4n) is 7.01. The molecule has 1 fully saturated rings. The Morgan fingerprint density at radius 1 is 0.921 bits per heavy atom. The highest BCUT2D eigenvalue weighted by Gasteiger charge is 2.48. The van der Waals surface area contributed by atoms with Crippen LogP contribution in [-0.2, 0) is 26.4 Å². The van der Waals surface area contributed by atoms with E-state index < -0.39 is 41.2 Å². The number of hydrogen-bond acceptors (Lipinski definition) is 11. The summed E-state index contributed by atoms with van der Waals surface area (Å²) >= 11 is 7.63. The van der Waals surface area contributed by atoms with Gasteiger partial charge in [-0.2, -0.15) is 24.9 Å². The van der Waals surface area contributed by atoms with E-state index in [9.17, 15) is 30.0 Å². The van der Waals surface area contributed by atoms with Crippen LogP contribution in [0.1, 0.15) is 12.0 Å². The average Bonchev–Trinajstić information content (AvgIpc) is 3.25. The number of piperazine rings is 1. The highest BCUT2D eigenvalue weighted by atomic mass is 35.5. The smallest absolute Gasteiger partial charge is 0.380 e. The second-order valence-corrected chi connectivity index (χ2v) is 20.2. The van der Waals surface area contributed by atoms with Gasteiger partial charge in [-0.15, -0.1) is 0 Å². The minimum atomic E-state index is -6.00. The molecular weight excluding hydrogens is 891 g/mol. The van der Waals surface area contributed by atoms with Gasteiger partial charge in [-0.05, 0) is 92.3 Å². The van der Waals surface area contributed by atoms with Gasteiger partial charge in [0.05, 0.1) is 16.1 Å². The van der Waals surface area contributed by atoms with Crippen LogP contribution in [0.4, 0.5) is 30.4 Å². The number of sulfone groups is 1. The van der Waals surface area contributed by atoms with Crippen LogP contribution in [0, 0.1) is 0 Å². The van der Waals surface area contributed by atoms with Crippen molar-refractivity contribution in [3.05, 3.63) is 139 Å². The van der Waals surface area contributed by atoms with Crippen LogP contribution >= 0.6 is 23.4 Å². The van der Waals surface area contributed by atoms with Crippen LogP contribution in [-0.4, -0.2) is 106 Å². The maximum Gasteiger partial charge on any atom is 0.501 e. The fourth-order valence-corrected chi connectivity index (χ4v) is 10.1. The number of nitrogens with zero attached hydrogens (tertiary/aromatic N) is 5. The van der Waals surface area contributed by atoms with Crippen LogP contribution in [0.5, 0.6) is 0 Å². The van der Waals surface area contributed by atoms with E-state index >= 15 is 0 Å². The first-order valence-corrected chi connectivity index (χ1v) is 24.5. The number of anilines is 3. The summed E-state index contributed by atoms with van der Waals surface area (Å²) in [6, 6.07) is 23.7. The van der Waals surface area contributed by atoms with Crippen molar-refractivity contribution in [3.63, 3.8) is 0 Å². The highest BCUT2D eigenvalue weighted by Crippen LogP contribution is 2.37. The summed E-state index contributed by atoms with van der Waals surface area (Å²) in [5.74, 6) is 0.903. The zero-order valence-corrected chi connectivity index (χ0v) is 38.0. The quantitative estimate of drug-likeness (QED) is 0.0608. The third-order valence-electron chi connectivity index (χ3n) is 10.3. The minimum absolute atomic E-state index is 0.118. The maximum absolute atomic E-state index is 14.1. The van der Waals surface area contributed by atoms with Gasteiger partial charge in [0.1, 0.15) is 11.2 Å². The van der Waals surface area contributed by atoms with Crippen molar-refractivity contribution in [1.82, 2.24) is 19.8 Å². The second-order valence-electron chi connectivity index (χ2n) is 15.1. The molecule has 11 nitrogen and oxygen atoms in total. The van der Waals surface area contributed by atoms with Crippen molar-refractivity contribution < 1.29 is 30.0 Å². The minimum Gasteiger partial charge on any atom is -0.380 e. The zero-order valence-electron chi connectivity index (χ0n) is 34.8. The molecule has 0 amide bonds. The first-order valence-electron chi connectivity index (χ1n) is 20.0. The van der Waals surface area contributed by atoms with Gasteiger partial charge in [-0.1, -0.05) is 85.0 Å². The monoisotopic (exact) mass is 939 g/mol. The average molecular weight is 941 g/mol. The summed E-state index contributed by atoms with van der Waals surface area (Å²) in [7, 11) is -6.97. The lowest BCUT2D eigenvalue weighted by molar-refractivity contribution is -0.0435. The van der Waals surface area contributed by atoms with E-state index in [1.54, 1.807) is 18.2 Å². The number of nitrogens with one attached hydrogen (secondary N) is 2. The molecule has 1 atom stereocenters. The number of hydrogen-bond donors (Lipinski definition) is 2. The predicted octanol–water partition coefficient (Wildman–Crippen LogP) is 9.13. The summed E-state index contributed by atoms with van der Waals surface area (Å²) in [5, 5.41) is 4.00. The molecule has 4 aromatic carbocycles. The molecule has 334 valence electrons. The van der Waals surface area contributed by atoms with Crippen molar-refractivity contribution in [2.24, 2.45) is 0 Å². The summed E-state index contributed by atoms with van der Waals surface area (Å²) < 4.78 is 98.5. The number of benzene rings is 4. The number of halogens is 4. The first kappa shape index (κ1) is 47.6. The number of sulfonamides is 1. The SMILES string of the molecule is C=C/C=C\C=C/CSC[C@@H](CCN(C)C)Nc1ccc(S(=O)(=O)Nc2ncnc3cc(N4CCN(Cc5ccccc5-c5ccc(Cl)cc5)CC4)ccc23)cc1S(=O)(=O)C(F)(F)F. The van der Waals surface area contributed by atoms with Crippen molar-refractivity contribution in [3.8, 4) is 11.1 Å². The van der Waals surface area contributed by atoms with E-state index in [-0.39, 0.29) is 11.5 Å². The molecule has 1 aliphatic rings. The van der Waals surface area contributed by atoms with E-state index in [1.165, 1.54) is 23.7 Å². The Morgan fingerprint density at radius 2 is 1.67 bits per heavy atom. The summed E-state index contributed by atoms with van der Waals surface area (Å²) in [5.41, 5.74) is -1.28. The van der Waals surface area contributed by atoms with Crippen molar-refractivity contribution >= 4 is 71.3 Å². The standard InChI is InChI=1S/C45H49ClF3N7O4S3/c1-4-5-6-7-10-27-61-31-36(21-22-54(2)3)52-41-20-18-38(29-43(41)62(57,58)45(47,48)49)63(59,60)53-44-40-19-17-37(28-42(40)50-32-51-44)56-25-23-55(24-26-56)30-34-11-8-9-12-39(34)33-13-15-35(46)16-14-33/h4-20,28-29,32,36,52H,1,21-27,30-31H2,2-3H3,(H,50,51,53)/b6-5-,10-7-/t36-/m1/s1. The molecule has 2 heterocycles.